The highest BCUT2D eigenvalue weighted by Gasteiger charge is 2.33. The third kappa shape index (κ3) is 3.67. The molecule has 0 saturated carbocycles. The molecule has 0 fully saturated rings. The molecule has 1 atom stereocenters. The summed E-state index contributed by atoms with van der Waals surface area (Å²) in [4.78, 5) is 39.5. The molecule has 2 amide bonds. The topological polar surface area (TPSA) is 75.7 Å². The number of hydrogen-bond donors (Lipinski definition) is 1. The first-order valence-corrected chi connectivity index (χ1v) is 9.57. The largest absolute Gasteiger partial charge is 0.477 e. The monoisotopic (exact) mass is 400 g/mol. The Morgan fingerprint density at radius 3 is 2.13 bits per heavy atom. The van der Waals surface area contributed by atoms with Crippen LogP contribution in [0.15, 0.2) is 78.9 Å². The molecule has 1 aliphatic rings. The van der Waals surface area contributed by atoms with Crippen molar-refractivity contribution < 1.29 is 19.1 Å². The lowest BCUT2D eigenvalue weighted by atomic mass is 10.0. The van der Waals surface area contributed by atoms with Crippen molar-refractivity contribution in [3.05, 3.63) is 95.6 Å². The predicted octanol–water partition coefficient (Wildman–Crippen LogP) is 3.07. The first-order valence-electron chi connectivity index (χ1n) is 9.57. The predicted molar refractivity (Wildman–Crippen MR) is 113 cm³/mol. The van der Waals surface area contributed by atoms with E-state index in [1.807, 2.05) is 24.3 Å². The summed E-state index contributed by atoms with van der Waals surface area (Å²) in [6, 6.07) is 22.6. The van der Waals surface area contributed by atoms with Crippen LogP contribution in [-0.4, -0.2) is 37.3 Å². The second-order valence-electron chi connectivity index (χ2n) is 6.88. The fourth-order valence-electron chi connectivity index (χ4n) is 3.40. The summed E-state index contributed by atoms with van der Waals surface area (Å²) >= 11 is 0. The Kier molecular flexibility index (Phi) is 5.30. The number of nitrogens with one attached hydrogen (secondary N) is 1. The van der Waals surface area contributed by atoms with E-state index in [0.29, 0.717) is 28.1 Å². The van der Waals surface area contributed by atoms with Gasteiger partial charge in [0.05, 0.1) is 12.2 Å². The Balaban J connectivity index is 1.61. The van der Waals surface area contributed by atoms with Crippen molar-refractivity contribution in [3.8, 4) is 5.75 Å². The Morgan fingerprint density at radius 2 is 1.43 bits per heavy atom. The maximum atomic E-state index is 13.2. The third-order valence-electron chi connectivity index (χ3n) is 4.99. The quantitative estimate of drug-likeness (QED) is 0.683. The number of hydrogen-bond acceptors (Lipinski definition) is 4. The van der Waals surface area contributed by atoms with Crippen LogP contribution in [0.4, 0.5) is 5.69 Å². The second-order valence-corrected chi connectivity index (χ2v) is 6.88. The van der Waals surface area contributed by atoms with Gasteiger partial charge in [-0.3, -0.25) is 14.4 Å². The van der Waals surface area contributed by atoms with Crippen molar-refractivity contribution in [2.24, 2.45) is 0 Å². The molecular formula is C24H20N2O4. The van der Waals surface area contributed by atoms with E-state index in [1.165, 1.54) is 11.9 Å². The number of ketones is 1. The maximum Gasteiger partial charge on any atom is 0.262 e. The number of rotatable bonds is 4. The lowest BCUT2D eigenvalue weighted by Crippen LogP contribution is -2.50. The molecule has 0 saturated heterocycles. The first-order chi connectivity index (χ1) is 14.6. The van der Waals surface area contributed by atoms with Crippen LogP contribution in [0.1, 0.15) is 26.3 Å². The average molecular weight is 400 g/mol. The fraction of sp³-hybridized carbons (Fsp3) is 0.125. The smallest absolute Gasteiger partial charge is 0.262 e. The standard InChI is InChI=1S/C24H20N2O4/c1-25-23(28)21-15-26(19-9-5-6-10-20(19)30-21)24(29)18-13-11-17(12-14-18)22(27)16-7-3-2-4-8-16/h2-14,21H,15H2,1H3,(H,25,28). The Bertz CT molecular complexity index is 1090. The number of fused-ring (bicyclic) bond motifs is 1. The van der Waals surface area contributed by atoms with E-state index in [2.05, 4.69) is 5.32 Å². The molecule has 0 aliphatic carbocycles. The zero-order chi connectivity index (χ0) is 21.1. The van der Waals surface area contributed by atoms with Gasteiger partial charge in [0.2, 0.25) is 0 Å². The van der Waals surface area contributed by atoms with Crippen LogP contribution < -0.4 is 15.0 Å². The Labute approximate surface area is 174 Å². The van der Waals surface area contributed by atoms with Crippen LogP contribution in [0.5, 0.6) is 5.75 Å². The molecule has 0 bridgehead atoms. The highest BCUT2D eigenvalue weighted by Crippen LogP contribution is 2.34. The second kappa shape index (κ2) is 8.21. The number of likely N-dealkylation sites (N-methyl/N-ethyl adjacent to an activating group) is 1. The van der Waals surface area contributed by atoms with Crippen molar-refractivity contribution in [3.63, 3.8) is 0 Å². The summed E-state index contributed by atoms with van der Waals surface area (Å²) < 4.78 is 5.75. The van der Waals surface area contributed by atoms with Crippen LogP contribution in [0.25, 0.3) is 0 Å². The molecule has 6 nitrogen and oxygen atoms in total. The minimum Gasteiger partial charge on any atom is -0.477 e. The molecule has 1 heterocycles. The van der Waals surface area contributed by atoms with Crippen LogP contribution in [0, 0.1) is 0 Å². The highest BCUT2D eigenvalue weighted by atomic mass is 16.5. The molecule has 1 N–H and O–H groups in total. The molecule has 1 aliphatic heterocycles. The van der Waals surface area contributed by atoms with E-state index in [0.717, 1.165) is 0 Å². The molecule has 0 aromatic heterocycles. The lowest BCUT2D eigenvalue weighted by Gasteiger charge is -2.34. The van der Waals surface area contributed by atoms with E-state index in [-0.39, 0.29) is 24.1 Å². The first kappa shape index (κ1) is 19.4. The summed E-state index contributed by atoms with van der Waals surface area (Å²) in [5.74, 6) is -0.197. The number of anilines is 1. The molecule has 1 unspecified atom stereocenters. The minimum atomic E-state index is -0.798. The third-order valence-corrected chi connectivity index (χ3v) is 4.99. The number of ether oxygens (including phenoxy) is 1. The highest BCUT2D eigenvalue weighted by molar-refractivity contribution is 6.11. The van der Waals surface area contributed by atoms with Gasteiger partial charge in [0, 0.05) is 23.7 Å². The van der Waals surface area contributed by atoms with Crippen molar-refractivity contribution in [2.75, 3.05) is 18.5 Å². The van der Waals surface area contributed by atoms with E-state index < -0.39 is 6.10 Å². The van der Waals surface area contributed by atoms with Crippen LogP contribution in [-0.2, 0) is 4.79 Å². The van der Waals surface area contributed by atoms with E-state index in [1.54, 1.807) is 54.6 Å². The number of carbonyl (C=O) groups is 3. The van der Waals surface area contributed by atoms with Gasteiger partial charge >= 0.3 is 0 Å². The molecule has 0 radical (unpaired) electrons. The van der Waals surface area contributed by atoms with E-state index >= 15 is 0 Å². The van der Waals surface area contributed by atoms with Gasteiger partial charge in [-0.15, -0.1) is 0 Å². The normalized spacial score (nSPS) is 15.0. The van der Waals surface area contributed by atoms with Crippen LogP contribution in [0.3, 0.4) is 0 Å². The van der Waals surface area contributed by atoms with Crippen molar-refractivity contribution in [2.45, 2.75) is 6.10 Å². The molecule has 0 spiro atoms. The lowest BCUT2D eigenvalue weighted by molar-refractivity contribution is -0.127. The van der Waals surface area contributed by atoms with Gasteiger partial charge < -0.3 is 15.0 Å². The van der Waals surface area contributed by atoms with E-state index in [4.69, 9.17) is 4.74 Å². The zero-order valence-electron chi connectivity index (χ0n) is 16.4. The molecule has 4 rings (SSSR count). The van der Waals surface area contributed by atoms with Crippen molar-refractivity contribution in [1.82, 2.24) is 5.32 Å². The number of amides is 2. The molecule has 30 heavy (non-hydrogen) atoms. The average Bonchev–Trinajstić information content (AvgIpc) is 2.82. The summed E-state index contributed by atoms with van der Waals surface area (Å²) in [5.41, 5.74) is 2.12. The molecular weight excluding hydrogens is 380 g/mol. The van der Waals surface area contributed by atoms with Crippen LogP contribution in [0.2, 0.25) is 0 Å². The van der Waals surface area contributed by atoms with E-state index in [9.17, 15) is 14.4 Å². The summed E-state index contributed by atoms with van der Waals surface area (Å²) in [7, 11) is 1.53. The number of nitrogens with zero attached hydrogens (tertiary/aromatic N) is 1. The van der Waals surface area contributed by atoms with Gasteiger partial charge in [-0.05, 0) is 24.3 Å². The molecule has 3 aromatic rings. The number of para-hydroxylation sites is 2. The SMILES string of the molecule is CNC(=O)C1CN(C(=O)c2ccc(C(=O)c3ccccc3)cc2)c2ccccc2O1. The maximum absolute atomic E-state index is 13.2. The van der Waals surface area contributed by atoms with Crippen molar-refractivity contribution in [1.29, 1.82) is 0 Å². The summed E-state index contributed by atoms with van der Waals surface area (Å²) in [6.07, 6.45) is -0.798. The zero-order valence-corrected chi connectivity index (χ0v) is 16.4. The minimum absolute atomic E-state index is 0.0974. The molecule has 6 heteroatoms. The van der Waals surface area contributed by atoms with Crippen LogP contribution >= 0.6 is 0 Å². The Morgan fingerprint density at radius 1 is 0.833 bits per heavy atom. The van der Waals surface area contributed by atoms with Gasteiger partial charge in [0.25, 0.3) is 11.8 Å². The molecule has 3 aromatic carbocycles. The number of benzene rings is 3. The summed E-state index contributed by atoms with van der Waals surface area (Å²) in [5, 5.41) is 2.56. The molecule has 150 valence electrons. The van der Waals surface area contributed by atoms with Gasteiger partial charge in [0.1, 0.15) is 5.75 Å². The Hall–Kier alpha value is -3.93. The number of carbonyl (C=O) groups excluding carboxylic acids is 3. The van der Waals surface area contributed by atoms with Gasteiger partial charge in [-0.1, -0.05) is 54.6 Å². The van der Waals surface area contributed by atoms with Gasteiger partial charge in [-0.2, -0.15) is 0 Å². The summed E-state index contributed by atoms with van der Waals surface area (Å²) in [6.45, 7) is 0.0974. The van der Waals surface area contributed by atoms with Crippen molar-refractivity contribution >= 4 is 23.3 Å². The fourth-order valence-corrected chi connectivity index (χ4v) is 3.40. The van der Waals surface area contributed by atoms with Gasteiger partial charge in [0.15, 0.2) is 11.9 Å². The van der Waals surface area contributed by atoms with Gasteiger partial charge in [-0.25, -0.2) is 0 Å².